The molecule has 0 aromatic rings. The van der Waals surface area contributed by atoms with E-state index in [2.05, 4.69) is 5.32 Å². The van der Waals surface area contributed by atoms with Crippen LogP contribution in [0.4, 0.5) is 8.78 Å². The fourth-order valence-electron chi connectivity index (χ4n) is 1.80. The molecule has 0 aromatic heterocycles. The third kappa shape index (κ3) is 3.70. The smallest absolute Gasteiger partial charge is 0.255 e. The predicted octanol–water partition coefficient (Wildman–Crippen LogP) is 1.24. The number of rotatable bonds is 7. The van der Waals surface area contributed by atoms with Gasteiger partial charge in [-0.15, -0.1) is 0 Å². The third-order valence-corrected chi connectivity index (χ3v) is 3.05. The van der Waals surface area contributed by atoms with Gasteiger partial charge in [0.15, 0.2) is 0 Å². The molecule has 0 heterocycles. The third-order valence-electron chi connectivity index (χ3n) is 3.05. The van der Waals surface area contributed by atoms with Crippen molar-refractivity contribution in [2.75, 3.05) is 19.6 Å². The van der Waals surface area contributed by atoms with E-state index in [0.29, 0.717) is 5.92 Å². The molecule has 1 amide bonds. The maximum Gasteiger partial charge on any atom is 0.255 e. The van der Waals surface area contributed by atoms with Gasteiger partial charge < -0.3 is 10.2 Å². The van der Waals surface area contributed by atoms with Crippen LogP contribution >= 0.6 is 0 Å². The fourth-order valence-corrected chi connectivity index (χ4v) is 1.80. The standard InChI is InChI=1S/C11H18F2N2O/c12-10(13)7-15(9-3-4-9)11(16)6-14-5-8-1-2-8/h8-10,14H,1-7H2. The van der Waals surface area contributed by atoms with Gasteiger partial charge in [0.25, 0.3) is 6.43 Å². The monoisotopic (exact) mass is 232 g/mol. The predicted molar refractivity (Wildman–Crippen MR) is 56.3 cm³/mol. The lowest BCUT2D eigenvalue weighted by Gasteiger charge is -2.22. The normalized spacial score (nSPS) is 20.2. The minimum Gasteiger partial charge on any atom is -0.333 e. The van der Waals surface area contributed by atoms with Gasteiger partial charge in [-0.05, 0) is 38.1 Å². The van der Waals surface area contributed by atoms with Crippen molar-refractivity contribution >= 4 is 5.91 Å². The topological polar surface area (TPSA) is 32.3 Å². The van der Waals surface area contributed by atoms with Crippen molar-refractivity contribution in [2.45, 2.75) is 38.2 Å². The van der Waals surface area contributed by atoms with Gasteiger partial charge in [-0.3, -0.25) is 4.79 Å². The van der Waals surface area contributed by atoms with Gasteiger partial charge in [0.1, 0.15) is 0 Å². The van der Waals surface area contributed by atoms with E-state index in [4.69, 9.17) is 0 Å². The Kier molecular flexibility index (Phi) is 3.74. The number of hydrogen-bond acceptors (Lipinski definition) is 2. The van der Waals surface area contributed by atoms with E-state index in [1.807, 2.05) is 0 Å². The number of carbonyl (C=O) groups is 1. The van der Waals surface area contributed by atoms with Crippen LogP contribution in [-0.4, -0.2) is 42.9 Å². The first kappa shape index (κ1) is 11.8. The molecule has 2 aliphatic carbocycles. The highest BCUT2D eigenvalue weighted by molar-refractivity contribution is 5.79. The quantitative estimate of drug-likeness (QED) is 0.716. The summed E-state index contributed by atoms with van der Waals surface area (Å²) in [5.41, 5.74) is 0. The summed E-state index contributed by atoms with van der Waals surface area (Å²) in [4.78, 5) is 13.0. The number of amides is 1. The second kappa shape index (κ2) is 5.08. The first-order valence-corrected chi connectivity index (χ1v) is 5.95. The summed E-state index contributed by atoms with van der Waals surface area (Å²) in [6.07, 6.45) is 1.78. The van der Waals surface area contributed by atoms with Crippen LogP contribution in [0.3, 0.4) is 0 Å². The summed E-state index contributed by atoms with van der Waals surface area (Å²) in [7, 11) is 0. The van der Waals surface area contributed by atoms with Gasteiger partial charge in [-0.2, -0.15) is 0 Å². The molecule has 16 heavy (non-hydrogen) atoms. The van der Waals surface area contributed by atoms with Crippen molar-refractivity contribution in [1.29, 1.82) is 0 Å². The molecule has 0 spiro atoms. The fraction of sp³-hybridized carbons (Fsp3) is 0.909. The zero-order valence-corrected chi connectivity index (χ0v) is 9.29. The van der Waals surface area contributed by atoms with Crippen LogP contribution in [0.1, 0.15) is 25.7 Å². The van der Waals surface area contributed by atoms with Crippen LogP contribution in [0, 0.1) is 5.92 Å². The van der Waals surface area contributed by atoms with Crippen molar-refractivity contribution < 1.29 is 13.6 Å². The summed E-state index contributed by atoms with van der Waals surface area (Å²) in [5.74, 6) is 0.528. The maximum absolute atomic E-state index is 12.3. The highest BCUT2D eigenvalue weighted by Gasteiger charge is 2.34. The molecule has 2 rings (SSSR count). The molecule has 0 unspecified atom stereocenters. The molecule has 0 atom stereocenters. The number of halogens is 2. The van der Waals surface area contributed by atoms with Crippen molar-refractivity contribution in [3.8, 4) is 0 Å². The largest absolute Gasteiger partial charge is 0.333 e. The van der Waals surface area contributed by atoms with Crippen molar-refractivity contribution in [3.05, 3.63) is 0 Å². The van der Waals surface area contributed by atoms with Crippen molar-refractivity contribution in [3.63, 3.8) is 0 Å². The van der Waals surface area contributed by atoms with Crippen molar-refractivity contribution in [2.24, 2.45) is 5.92 Å². The Hall–Kier alpha value is -0.710. The molecule has 0 aliphatic heterocycles. The zero-order chi connectivity index (χ0) is 11.5. The van der Waals surface area contributed by atoms with Crippen LogP contribution in [0.2, 0.25) is 0 Å². The molecule has 5 heteroatoms. The summed E-state index contributed by atoms with van der Waals surface area (Å²) in [6, 6.07) is 0.0734. The molecule has 3 nitrogen and oxygen atoms in total. The second-order valence-electron chi connectivity index (χ2n) is 4.74. The Morgan fingerprint density at radius 1 is 1.31 bits per heavy atom. The number of carbonyl (C=O) groups excluding carboxylic acids is 1. The summed E-state index contributed by atoms with van der Waals surface area (Å²) in [5, 5.41) is 3.05. The summed E-state index contributed by atoms with van der Waals surface area (Å²) in [6.45, 7) is 0.646. The minimum absolute atomic E-state index is 0.0734. The second-order valence-corrected chi connectivity index (χ2v) is 4.74. The van der Waals surface area contributed by atoms with E-state index in [0.717, 1.165) is 19.4 Å². The van der Waals surface area contributed by atoms with Crippen LogP contribution in [0.15, 0.2) is 0 Å². The van der Waals surface area contributed by atoms with Gasteiger partial charge in [0.2, 0.25) is 5.91 Å². The molecule has 1 N–H and O–H groups in total. The van der Waals surface area contributed by atoms with Crippen LogP contribution in [0.5, 0.6) is 0 Å². The lowest BCUT2D eigenvalue weighted by atomic mass is 10.4. The Labute approximate surface area is 94.2 Å². The summed E-state index contributed by atoms with van der Waals surface area (Å²) < 4.78 is 24.6. The number of alkyl halides is 2. The molecule has 0 bridgehead atoms. The first-order chi connectivity index (χ1) is 7.66. The molecule has 2 aliphatic rings. The van der Waals surface area contributed by atoms with Gasteiger partial charge in [-0.25, -0.2) is 8.78 Å². The molecular weight excluding hydrogens is 214 g/mol. The first-order valence-electron chi connectivity index (χ1n) is 5.95. The SMILES string of the molecule is O=C(CNCC1CC1)N(CC(F)F)C1CC1. The average Bonchev–Trinajstić information content (AvgIpc) is 3.06. The van der Waals surface area contributed by atoms with E-state index in [-0.39, 0.29) is 18.5 Å². The number of nitrogens with zero attached hydrogens (tertiary/aromatic N) is 1. The Bertz CT molecular complexity index is 252. The Balaban J connectivity index is 1.70. The molecule has 0 aromatic carbocycles. The minimum atomic E-state index is -2.42. The van der Waals surface area contributed by atoms with Crippen LogP contribution in [0.25, 0.3) is 0 Å². The lowest BCUT2D eigenvalue weighted by Crippen LogP contribution is -2.42. The van der Waals surface area contributed by atoms with Gasteiger partial charge >= 0.3 is 0 Å². The molecule has 0 radical (unpaired) electrons. The van der Waals surface area contributed by atoms with Gasteiger partial charge in [0.05, 0.1) is 13.1 Å². The van der Waals surface area contributed by atoms with Crippen LogP contribution < -0.4 is 5.32 Å². The van der Waals surface area contributed by atoms with Crippen molar-refractivity contribution in [1.82, 2.24) is 10.2 Å². The Morgan fingerprint density at radius 2 is 2.00 bits per heavy atom. The average molecular weight is 232 g/mol. The number of nitrogens with one attached hydrogen (secondary N) is 1. The molecule has 2 saturated carbocycles. The molecule has 2 fully saturated rings. The summed E-state index contributed by atoms with van der Waals surface area (Å²) >= 11 is 0. The van der Waals surface area contributed by atoms with Crippen LogP contribution in [-0.2, 0) is 4.79 Å². The van der Waals surface area contributed by atoms with Gasteiger partial charge in [0, 0.05) is 6.04 Å². The molecule has 0 saturated heterocycles. The van der Waals surface area contributed by atoms with E-state index in [1.165, 1.54) is 17.7 Å². The highest BCUT2D eigenvalue weighted by Crippen LogP contribution is 2.28. The Morgan fingerprint density at radius 3 is 2.50 bits per heavy atom. The molecular formula is C11H18F2N2O. The van der Waals surface area contributed by atoms with E-state index in [1.54, 1.807) is 0 Å². The zero-order valence-electron chi connectivity index (χ0n) is 9.29. The van der Waals surface area contributed by atoms with E-state index in [9.17, 15) is 13.6 Å². The molecule has 92 valence electrons. The lowest BCUT2D eigenvalue weighted by molar-refractivity contribution is -0.132. The number of hydrogen-bond donors (Lipinski definition) is 1. The highest BCUT2D eigenvalue weighted by atomic mass is 19.3. The van der Waals surface area contributed by atoms with E-state index >= 15 is 0 Å². The maximum atomic E-state index is 12.3. The van der Waals surface area contributed by atoms with Gasteiger partial charge in [-0.1, -0.05) is 0 Å². The van der Waals surface area contributed by atoms with E-state index < -0.39 is 13.0 Å².